The second-order valence-electron chi connectivity index (χ2n) is 3.10. The van der Waals surface area contributed by atoms with E-state index in [0.29, 0.717) is 4.90 Å². The van der Waals surface area contributed by atoms with Gasteiger partial charge in [0, 0.05) is 0 Å². The molecule has 0 saturated carbocycles. The number of allylic oxidation sites excluding steroid dienone is 4. The average Bonchev–Trinajstić information content (AvgIpc) is 2.31. The Bertz CT molecular complexity index is 508. The Morgan fingerprint density at radius 1 is 1.25 bits per heavy atom. The summed E-state index contributed by atoms with van der Waals surface area (Å²) >= 11 is 0. The molecule has 0 bridgehead atoms. The van der Waals surface area contributed by atoms with E-state index in [1.807, 2.05) is 0 Å². The van der Waals surface area contributed by atoms with Crippen molar-refractivity contribution in [1.82, 2.24) is 0 Å². The van der Waals surface area contributed by atoms with Crippen molar-refractivity contribution in [1.29, 1.82) is 0 Å². The minimum atomic E-state index is -3.40. The smallest absolute Gasteiger partial charge is 0.206 e. The van der Waals surface area contributed by atoms with Gasteiger partial charge >= 0.3 is 0 Å². The molecule has 84 valence electrons. The molecule has 0 aliphatic carbocycles. The van der Waals surface area contributed by atoms with Crippen molar-refractivity contribution < 1.29 is 8.42 Å². The predicted octanol–water partition coefficient (Wildman–Crippen LogP) is 3.11. The first-order chi connectivity index (χ1) is 7.62. The van der Waals surface area contributed by atoms with Crippen LogP contribution in [0, 0.1) is 0 Å². The zero-order valence-electron chi connectivity index (χ0n) is 9.13. The van der Waals surface area contributed by atoms with Gasteiger partial charge in [-0.25, -0.2) is 8.42 Å². The molecule has 0 radical (unpaired) electrons. The van der Waals surface area contributed by atoms with Crippen LogP contribution in [0.4, 0.5) is 0 Å². The van der Waals surface area contributed by atoms with Crippen LogP contribution in [0.5, 0.6) is 0 Å². The van der Waals surface area contributed by atoms with Gasteiger partial charge in [0.15, 0.2) is 0 Å². The monoisotopic (exact) mass is 234 g/mol. The summed E-state index contributed by atoms with van der Waals surface area (Å²) in [6.07, 6.45) is 6.26. The topological polar surface area (TPSA) is 34.1 Å². The molecule has 0 heterocycles. The summed E-state index contributed by atoms with van der Waals surface area (Å²) in [4.78, 5) is 0.579. The molecule has 16 heavy (non-hydrogen) atoms. The van der Waals surface area contributed by atoms with Gasteiger partial charge in [-0.2, -0.15) is 0 Å². The Morgan fingerprint density at radius 3 is 2.38 bits per heavy atom. The van der Waals surface area contributed by atoms with Crippen molar-refractivity contribution in [3.8, 4) is 0 Å². The quantitative estimate of drug-likeness (QED) is 0.750. The highest BCUT2D eigenvalue weighted by Gasteiger charge is 2.16. The summed E-state index contributed by atoms with van der Waals surface area (Å²) in [6, 6.07) is 8.36. The van der Waals surface area contributed by atoms with E-state index < -0.39 is 9.84 Å². The summed E-state index contributed by atoms with van der Waals surface area (Å²) in [7, 11) is -3.40. The first-order valence-electron chi connectivity index (χ1n) is 4.88. The Kier molecular flexibility index (Phi) is 4.26. The molecular weight excluding hydrogens is 220 g/mol. The fourth-order valence-corrected chi connectivity index (χ4v) is 2.60. The fraction of sp³-hybridized carbons (Fsp3) is 0.0769. The molecule has 0 unspecified atom stereocenters. The summed E-state index contributed by atoms with van der Waals surface area (Å²) in [5.41, 5.74) is 0. The summed E-state index contributed by atoms with van der Waals surface area (Å²) < 4.78 is 24.2. The van der Waals surface area contributed by atoms with Crippen LogP contribution in [0.3, 0.4) is 0 Å². The molecule has 0 amide bonds. The minimum Gasteiger partial charge on any atom is -0.219 e. The van der Waals surface area contributed by atoms with Gasteiger partial charge in [0.25, 0.3) is 0 Å². The maximum absolute atomic E-state index is 12.1. The summed E-state index contributed by atoms with van der Waals surface area (Å²) in [5.74, 6) is 0. The van der Waals surface area contributed by atoms with Crippen LogP contribution in [0.25, 0.3) is 0 Å². The number of rotatable bonds is 4. The van der Waals surface area contributed by atoms with E-state index in [1.54, 1.807) is 55.5 Å². The lowest BCUT2D eigenvalue weighted by Gasteiger charge is -2.04. The van der Waals surface area contributed by atoms with Crippen LogP contribution in [0.1, 0.15) is 6.92 Å². The largest absolute Gasteiger partial charge is 0.219 e. The lowest BCUT2D eigenvalue weighted by molar-refractivity contribution is 0.603. The highest BCUT2D eigenvalue weighted by atomic mass is 32.2. The second-order valence-corrected chi connectivity index (χ2v) is 5.05. The standard InChI is InChI=1S/C13H14O2S/c1-3-5-9-12(4-2)16(14,15)13-10-7-6-8-11-13/h3-11H,1H2,2H3/b9-5-,12-4+. The van der Waals surface area contributed by atoms with Crippen molar-refractivity contribution in [2.45, 2.75) is 11.8 Å². The summed E-state index contributed by atoms with van der Waals surface area (Å²) in [6.45, 7) is 5.21. The van der Waals surface area contributed by atoms with Gasteiger partial charge in [0.2, 0.25) is 9.84 Å². The number of benzene rings is 1. The maximum Gasteiger partial charge on any atom is 0.206 e. The van der Waals surface area contributed by atoms with Crippen LogP contribution in [-0.4, -0.2) is 8.42 Å². The van der Waals surface area contributed by atoms with Crippen molar-refractivity contribution >= 4 is 9.84 Å². The fourth-order valence-electron chi connectivity index (χ4n) is 1.24. The highest BCUT2D eigenvalue weighted by molar-refractivity contribution is 7.95. The van der Waals surface area contributed by atoms with Gasteiger partial charge in [-0.1, -0.05) is 43.0 Å². The van der Waals surface area contributed by atoms with Crippen LogP contribution >= 0.6 is 0 Å². The lowest BCUT2D eigenvalue weighted by Crippen LogP contribution is -2.02. The van der Waals surface area contributed by atoms with Crippen LogP contribution in [-0.2, 0) is 9.84 Å². The molecule has 2 nitrogen and oxygen atoms in total. The Balaban J connectivity index is 3.21. The van der Waals surface area contributed by atoms with Crippen molar-refractivity contribution in [2.75, 3.05) is 0 Å². The molecule has 0 atom stereocenters. The van der Waals surface area contributed by atoms with Gasteiger partial charge in [-0.05, 0) is 25.1 Å². The van der Waals surface area contributed by atoms with Gasteiger partial charge in [0.1, 0.15) is 0 Å². The van der Waals surface area contributed by atoms with Crippen LogP contribution in [0.15, 0.2) is 71.0 Å². The van der Waals surface area contributed by atoms with Crippen LogP contribution < -0.4 is 0 Å². The first-order valence-corrected chi connectivity index (χ1v) is 6.37. The molecule has 0 saturated heterocycles. The minimum absolute atomic E-state index is 0.276. The zero-order chi connectivity index (χ0) is 12.0. The highest BCUT2D eigenvalue weighted by Crippen LogP contribution is 2.19. The van der Waals surface area contributed by atoms with E-state index in [2.05, 4.69) is 6.58 Å². The van der Waals surface area contributed by atoms with E-state index >= 15 is 0 Å². The molecule has 1 aromatic rings. The molecule has 0 aliphatic heterocycles. The molecule has 0 aliphatic rings. The third-order valence-electron chi connectivity index (χ3n) is 2.04. The van der Waals surface area contributed by atoms with Gasteiger partial charge < -0.3 is 0 Å². The molecule has 0 spiro atoms. The third-order valence-corrected chi connectivity index (χ3v) is 3.93. The molecule has 0 N–H and O–H groups in total. The molecular formula is C13H14O2S. The molecule has 3 heteroatoms. The third kappa shape index (κ3) is 2.70. The average molecular weight is 234 g/mol. The first kappa shape index (κ1) is 12.5. The van der Waals surface area contributed by atoms with E-state index in [4.69, 9.17) is 0 Å². The normalized spacial score (nSPS) is 12.9. The van der Waals surface area contributed by atoms with Gasteiger partial charge in [0.05, 0.1) is 9.80 Å². The van der Waals surface area contributed by atoms with Crippen molar-refractivity contribution in [3.05, 3.63) is 66.1 Å². The van der Waals surface area contributed by atoms with Crippen molar-refractivity contribution in [3.63, 3.8) is 0 Å². The molecule has 1 rings (SSSR count). The second kappa shape index (κ2) is 5.47. The van der Waals surface area contributed by atoms with E-state index in [9.17, 15) is 8.42 Å². The zero-order valence-corrected chi connectivity index (χ0v) is 9.94. The van der Waals surface area contributed by atoms with E-state index in [1.165, 1.54) is 6.08 Å². The van der Waals surface area contributed by atoms with Crippen molar-refractivity contribution in [2.24, 2.45) is 0 Å². The van der Waals surface area contributed by atoms with E-state index in [-0.39, 0.29) is 4.91 Å². The SMILES string of the molecule is C=C/C=C\C(=C/C)S(=O)(=O)c1ccccc1. The Morgan fingerprint density at radius 2 is 1.88 bits per heavy atom. The number of sulfone groups is 1. The van der Waals surface area contributed by atoms with Gasteiger partial charge in [-0.3, -0.25) is 0 Å². The number of hydrogen-bond acceptors (Lipinski definition) is 2. The van der Waals surface area contributed by atoms with E-state index in [0.717, 1.165) is 0 Å². The lowest BCUT2D eigenvalue weighted by atomic mass is 10.4. The maximum atomic E-state index is 12.1. The summed E-state index contributed by atoms with van der Waals surface area (Å²) in [5, 5.41) is 0. The predicted molar refractivity (Wildman–Crippen MR) is 66.7 cm³/mol. The van der Waals surface area contributed by atoms with Gasteiger partial charge in [-0.15, -0.1) is 0 Å². The molecule has 1 aromatic carbocycles. The molecule has 0 fully saturated rings. The molecule has 0 aromatic heterocycles. The number of hydrogen-bond donors (Lipinski definition) is 0. The Hall–Kier alpha value is -1.61. The Labute approximate surface area is 96.5 Å². The van der Waals surface area contributed by atoms with Crippen LogP contribution in [0.2, 0.25) is 0 Å².